The van der Waals surface area contributed by atoms with Crippen LogP contribution in [-0.2, 0) is 5.41 Å². The molecule has 0 atom stereocenters. The normalized spacial score (nSPS) is 32.0. The quantitative estimate of drug-likeness (QED) is 0.721. The predicted molar refractivity (Wildman–Crippen MR) is 103 cm³/mol. The van der Waals surface area contributed by atoms with E-state index in [9.17, 15) is 9.90 Å². The first-order chi connectivity index (χ1) is 12.5. The van der Waals surface area contributed by atoms with Gasteiger partial charge in [-0.05, 0) is 91.9 Å². The minimum absolute atomic E-state index is 0.0880. The molecule has 1 N–H and O–H groups in total. The van der Waals surface area contributed by atoms with Crippen LogP contribution in [0.1, 0.15) is 61.4 Å². The molecule has 4 bridgehead atoms. The van der Waals surface area contributed by atoms with Gasteiger partial charge in [0, 0.05) is 11.1 Å². The second kappa shape index (κ2) is 5.70. The van der Waals surface area contributed by atoms with Crippen LogP contribution < -0.4 is 0 Å². The molecule has 4 fully saturated rings. The van der Waals surface area contributed by atoms with Crippen LogP contribution in [0.2, 0.25) is 0 Å². The number of benzene rings is 2. The van der Waals surface area contributed by atoms with E-state index in [1.807, 2.05) is 36.4 Å². The van der Waals surface area contributed by atoms with Gasteiger partial charge in [-0.25, -0.2) is 0 Å². The van der Waals surface area contributed by atoms with Gasteiger partial charge in [0.15, 0.2) is 5.78 Å². The third-order valence-electron chi connectivity index (χ3n) is 7.22. The molecule has 2 heteroatoms. The molecule has 2 nitrogen and oxygen atoms in total. The summed E-state index contributed by atoms with van der Waals surface area (Å²) in [6.07, 6.45) is 7.87. The molecule has 4 aliphatic rings. The van der Waals surface area contributed by atoms with Crippen LogP contribution in [0.3, 0.4) is 0 Å². The van der Waals surface area contributed by atoms with Gasteiger partial charge in [0.25, 0.3) is 0 Å². The molecule has 2 aromatic rings. The molecular formula is C24H26O2. The van der Waals surface area contributed by atoms with Crippen LogP contribution in [0.25, 0.3) is 11.1 Å². The lowest BCUT2D eigenvalue weighted by molar-refractivity contribution is -0.00611. The Kier molecular flexibility index (Phi) is 3.53. The zero-order valence-electron chi connectivity index (χ0n) is 15.4. The molecule has 0 aliphatic heterocycles. The Morgan fingerprint density at radius 2 is 1.58 bits per heavy atom. The number of aromatic hydroxyl groups is 1. The topological polar surface area (TPSA) is 37.3 Å². The molecule has 0 unspecified atom stereocenters. The lowest BCUT2D eigenvalue weighted by Gasteiger charge is -2.57. The van der Waals surface area contributed by atoms with Crippen LogP contribution in [0.4, 0.5) is 0 Å². The number of hydrogen-bond acceptors (Lipinski definition) is 2. The fraction of sp³-hybridized carbons (Fsp3) is 0.458. The van der Waals surface area contributed by atoms with Crippen molar-refractivity contribution in [2.75, 3.05) is 0 Å². The maximum absolute atomic E-state index is 12.1. The molecule has 0 radical (unpaired) electrons. The van der Waals surface area contributed by atoms with Crippen LogP contribution in [0.15, 0.2) is 42.5 Å². The van der Waals surface area contributed by atoms with Crippen molar-refractivity contribution in [2.45, 2.75) is 50.9 Å². The smallest absolute Gasteiger partial charge is 0.160 e. The van der Waals surface area contributed by atoms with Gasteiger partial charge in [-0.15, -0.1) is 0 Å². The molecule has 134 valence electrons. The van der Waals surface area contributed by atoms with E-state index in [0.717, 1.165) is 40.0 Å². The van der Waals surface area contributed by atoms with Crippen molar-refractivity contribution in [1.82, 2.24) is 0 Å². The number of carbonyl (C=O) groups is 1. The summed E-state index contributed by atoms with van der Waals surface area (Å²) in [5.41, 5.74) is 4.08. The van der Waals surface area contributed by atoms with Gasteiger partial charge in [0.05, 0.1) is 0 Å². The summed E-state index contributed by atoms with van der Waals surface area (Å²) in [7, 11) is 0. The molecule has 0 aromatic heterocycles. The summed E-state index contributed by atoms with van der Waals surface area (Å²) < 4.78 is 0. The standard InChI is InChI=1S/C24H26O2/c1-15(25)20-4-2-3-5-21(20)19-6-7-23(26)22(11-19)24-12-16-8-17(13-24)10-18(9-16)14-24/h2-7,11,16-18,26H,8-10,12-14H2,1H3. The monoisotopic (exact) mass is 346 g/mol. The SMILES string of the molecule is CC(=O)c1ccccc1-c1ccc(O)c(C23CC4CC(CC(C4)C2)C3)c1. The summed E-state index contributed by atoms with van der Waals surface area (Å²) in [4.78, 5) is 12.1. The van der Waals surface area contributed by atoms with Gasteiger partial charge in [0.2, 0.25) is 0 Å². The zero-order chi connectivity index (χ0) is 17.9. The molecular weight excluding hydrogens is 320 g/mol. The molecule has 4 aliphatic carbocycles. The van der Waals surface area contributed by atoms with Crippen molar-refractivity contribution < 1.29 is 9.90 Å². The van der Waals surface area contributed by atoms with Gasteiger partial charge in [-0.2, -0.15) is 0 Å². The minimum Gasteiger partial charge on any atom is -0.508 e. The van der Waals surface area contributed by atoms with E-state index in [0.29, 0.717) is 5.75 Å². The Bertz CT molecular complexity index is 844. The zero-order valence-corrected chi connectivity index (χ0v) is 15.4. The molecule has 0 heterocycles. The van der Waals surface area contributed by atoms with Crippen molar-refractivity contribution in [3.63, 3.8) is 0 Å². The lowest BCUT2D eigenvalue weighted by atomic mass is 9.48. The van der Waals surface area contributed by atoms with Crippen molar-refractivity contribution >= 4 is 5.78 Å². The number of hydrogen-bond donors (Lipinski definition) is 1. The fourth-order valence-electron chi connectivity index (χ4n) is 6.61. The summed E-state index contributed by atoms with van der Waals surface area (Å²) in [5.74, 6) is 3.05. The van der Waals surface area contributed by atoms with E-state index in [4.69, 9.17) is 0 Å². The average Bonchev–Trinajstić information content (AvgIpc) is 2.61. The summed E-state index contributed by atoms with van der Waals surface area (Å²) in [6.45, 7) is 1.62. The fourth-order valence-corrected chi connectivity index (χ4v) is 6.61. The first kappa shape index (κ1) is 16.1. The Morgan fingerprint density at radius 3 is 2.19 bits per heavy atom. The van der Waals surface area contributed by atoms with Gasteiger partial charge in [-0.1, -0.05) is 30.3 Å². The lowest BCUT2D eigenvalue weighted by Crippen LogP contribution is -2.48. The number of carbonyl (C=O) groups excluding carboxylic acids is 1. The largest absolute Gasteiger partial charge is 0.508 e. The van der Waals surface area contributed by atoms with Crippen molar-refractivity contribution in [3.05, 3.63) is 53.6 Å². The Labute approximate surface area is 155 Å². The molecule has 0 spiro atoms. The number of ketones is 1. The highest BCUT2D eigenvalue weighted by molar-refractivity contribution is 6.00. The maximum Gasteiger partial charge on any atom is 0.160 e. The minimum atomic E-state index is 0.0880. The highest BCUT2D eigenvalue weighted by Crippen LogP contribution is 2.62. The third-order valence-corrected chi connectivity index (χ3v) is 7.22. The summed E-state index contributed by atoms with van der Waals surface area (Å²) in [5, 5.41) is 10.8. The van der Waals surface area contributed by atoms with Gasteiger partial charge in [0.1, 0.15) is 5.75 Å². The first-order valence-corrected chi connectivity index (χ1v) is 9.98. The van der Waals surface area contributed by atoms with Crippen LogP contribution in [0, 0.1) is 17.8 Å². The van der Waals surface area contributed by atoms with E-state index in [1.165, 1.54) is 38.5 Å². The highest BCUT2D eigenvalue weighted by Gasteiger charge is 2.52. The number of phenols is 1. The molecule has 2 aromatic carbocycles. The van der Waals surface area contributed by atoms with Gasteiger partial charge in [-0.3, -0.25) is 4.79 Å². The molecule has 0 saturated heterocycles. The van der Waals surface area contributed by atoms with Crippen LogP contribution in [-0.4, -0.2) is 10.9 Å². The Hall–Kier alpha value is -2.09. The van der Waals surface area contributed by atoms with Crippen LogP contribution >= 0.6 is 0 Å². The Morgan fingerprint density at radius 1 is 0.962 bits per heavy atom. The highest BCUT2D eigenvalue weighted by atomic mass is 16.3. The third kappa shape index (κ3) is 2.42. The summed E-state index contributed by atoms with van der Waals surface area (Å²) in [6, 6.07) is 13.8. The average molecular weight is 346 g/mol. The van der Waals surface area contributed by atoms with Crippen molar-refractivity contribution in [3.8, 4) is 16.9 Å². The van der Waals surface area contributed by atoms with E-state index in [1.54, 1.807) is 6.92 Å². The molecule has 6 rings (SSSR count). The molecule has 26 heavy (non-hydrogen) atoms. The molecule has 0 amide bonds. The maximum atomic E-state index is 12.1. The van der Waals surface area contributed by atoms with Gasteiger partial charge < -0.3 is 5.11 Å². The van der Waals surface area contributed by atoms with Crippen molar-refractivity contribution in [1.29, 1.82) is 0 Å². The summed E-state index contributed by atoms with van der Waals surface area (Å²) >= 11 is 0. The number of rotatable bonds is 3. The molecule has 4 saturated carbocycles. The van der Waals surface area contributed by atoms with Crippen LogP contribution in [0.5, 0.6) is 5.75 Å². The van der Waals surface area contributed by atoms with Gasteiger partial charge >= 0.3 is 0 Å². The number of phenolic OH excluding ortho intramolecular Hbond substituents is 1. The second-order valence-electron chi connectivity index (χ2n) is 9.03. The number of Topliss-reactive ketones (excluding diaryl/α,β-unsaturated/α-hetero) is 1. The van der Waals surface area contributed by atoms with E-state index < -0.39 is 0 Å². The first-order valence-electron chi connectivity index (χ1n) is 9.98. The second-order valence-corrected chi connectivity index (χ2v) is 9.03. The van der Waals surface area contributed by atoms with E-state index >= 15 is 0 Å². The van der Waals surface area contributed by atoms with E-state index in [-0.39, 0.29) is 11.2 Å². The Balaban J connectivity index is 1.62. The van der Waals surface area contributed by atoms with E-state index in [2.05, 4.69) is 6.07 Å². The van der Waals surface area contributed by atoms with Crippen molar-refractivity contribution in [2.24, 2.45) is 17.8 Å². The predicted octanol–water partition coefficient (Wildman–Crippen LogP) is 5.73.